The van der Waals surface area contributed by atoms with Crippen LogP contribution in [0.5, 0.6) is 0 Å². The summed E-state index contributed by atoms with van der Waals surface area (Å²) < 4.78 is 14.7. The molecular weight excluding hydrogens is 417 g/mol. The Morgan fingerprint density at radius 1 is 1.22 bits per heavy atom. The lowest BCUT2D eigenvalue weighted by Crippen LogP contribution is -2.16. The second kappa shape index (κ2) is 9.13. The Bertz CT molecular complexity index is 641. The largest absolute Gasteiger partial charge is 0.466 e. The third kappa shape index (κ3) is 5.55. The second-order valence-corrected chi connectivity index (χ2v) is 5.28. The highest BCUT2D eigenvalue weighted by atomic mass is 127. The van der Waals surface area contributed by atoms with Gasteiger partial charge in [0.05, 0.1) is 38.2 Å². The average Bonchev–Trinajstić information content (AvgIpc) is 2.54. The summed E-state index contributed by atoms with van der Waals surface area (Å²) in [6, 6.07) is 4.76. The maximum atomic E-state index is 11.7. The first-order valence-electron chi connectivity index (χ1n) is 6.54. The molecule has 0 heterocycles. The molecule has 1 N–H and O–H groups in total. The number of nitrogens with one attached hydrogen (secondary N) is 1. The third-order valence-corrected chi connectivity index (χ3v) is 3.51. The van der Waals surface area contributed by atoms with E-state index in [2.05, 4.69) is 14.8 Å². The minimum Gasteiger partial charge on any atom is -0.466 e. The number of methoxy groups -OCH3 is 2. The van der Waals surface area contributed by atoms with E-state index in [1.807, 2.05) is 22.6 Å². The van der Waals surface area contributed by atoms with Crippen LogP contribution >= 0.6 is 22.6 Å². The molecule has 0 aliphatic carbocycles. The number of ether oxygens (including phenoxy) is 3. The third-order valence-electron chi connectivity index (χ3n) is 2.62. The van der Waals surface area contributed by atoms with Crippen molar-refractivity contribution in [3.8, 4) is 0 Å². The maximum absolute atomic E-state index is 11.7. The van der Waals surface area contributed by atoms with Crippen LogP contribution in [-0.2, 0) is 23.8 Å². The SMILES string of the molecule is CCOC(=O)c1ccc(N/C(=C/C(=O)OC)C(=O)OC)c(I)c1. The number of carbonyl (C=O) groups excluding carboxylic acids is 3. The van der Waals surface area contributed by atoms with E-state index in [-0.39, 0.29) is 12.3 Å². The van der Waals surface area contributed by atoms with Crippen LogP contribution in [0.1, 0.15) is 17.3 Å². The van der Waals surface area contributed by atoms with E-state index in [0.29, 0.717) is 14.8 Å². The van der Waals surface area contributed by atoms with Gasteiger partial charge in [0.25, 0.3) is 0 Å². The van der Waals surface area contributed by atoms with Gasteiger partial charge in [-0.15, -0.1) is 0 Å². The minimum absolute atomic E-state index is 0.0823. The minimum atomic E-state index is -0.722. The van der Waals surface area contributed by atoms with Crippen molar-refractivity contribution in [1.29, 1.82) is 0 Å². The number of hydrogen-bond acceptors (Lipinski definition) is 7. The maximum Gasteiger partial charge on any atom is 0.354 e. The molecular formula is C15H16INO6. The summed E-state index contributed by atoms with van der Waals surface area (Å²) in [7, 11) is 2.40. The van der Waals surface area contributed by atoms with Gasteiger partial charge in [0.2, 0.25) is 0 Å². The van der Waals surface area contributed by atoms with E-state index in [0.717, 1.165) is 6.08 Å². The van der Waals surface area contributed by atoms with Crippen LogP contribution in [0.3, 0.4) is 0 Å². The molecule has 0 aromatic heterocycles. The number of hydrogen-bond donors (Lipinski definition) is 1. The van der Waals surface area contributed by atoms with E-state index in [9.17, 15) is 14.4 Å². The number of carbonyl (C=O) groups is 3. The number of esters is 3. The van der Waals surface area contributed by atoms with E-state index >= 15 is 0 Å². The normalized spacial score (nSPS) is 10.7. The zero-order valence-electron chi connectivity index (χ0n) is 12.8. The lowest BCUT2D eigenvalue weighted by molar-refractivity contribution is -0.138. The van der Waals surface area contributed by atoms with Crippen molar-refractivity contribution in [3.63, 3.8) is 0 Å². The van der Waals surface area contributed by atoms with Gasteiger partial charge in [0.1, 0.15) is 5.70 Å². The van der Waals surface area contributed by atoms with Crippen molar-refractivity contribution in [1.82, 2.24) is 0 Å². The summed E-state index contributed by atoms with van der Waals surface area (Å²) in [6.45, 7) is 2.00. The molecule has 0 spiro atoms. The summed E-state index contributed by atoms with van der Waals surface area (Å²) in [5.74, 6) is -1.85. The number of halogens is 1. The van der Waals surface area contributed by atoms with Gasteiger partial charge in [0, 0.05) is 3.57 Å². The molecule has 0 aliphatic heterocycles. The molecule has 0 saturated carbocycles. The molecule has 124 valence electrons. The Labute approximate surface area is 147 Å². The molecule has 0 unspecified atom stereocenters. The number of rotatable bonds is 6. The lowest BCUT2D eigenvalue weighted by Gasteiger charge is -2.11. The van der Waals surface area contributed by atoms with Crippen LogP contribution in [0.4, 0.5) is 5.69 Å². The van der Waals surface area contributed by atoms with Crippen molar-refractivity contribution in [2.24, 2.45) is 0 Å². The highest BCUT2D eigenvalue weighted by Crippen LogP contribution is 2.22. The molecule has 7 nitrogen and oxygen atoms in total. The fraction of sp³-hybridized carbons (Fsp3) is 0.267. The summed E-state index contributed by atoms with van der Waals surface area (Å²) in [6.07, 6.45) is 0.987. The predicted octanol–water partition coefficient (Wildman–Crippen LogP) is 2.11. The molecule has 0 atom stereocenters. The molecule has 0 fully saturated rings. The molecule has 8 heteroatoms. The molecule has 0 radical (unpaired) electrons. The van der Waals surface area contributed by atoms with E-state index in [1.54, 1.807) is 25.1 Å². The monoisotopic (exact) mass is 433 g/mol. The molecule has 1 aromatic rings. The van der Waals surface area contributed by atoms with Crippen molar-refractivity contribution < 1.29 is 28.6 Å². The molecule has 1 aromatic carbocycles. The van der Waals surface area contributed by atoms with Gasteiger partial charge in [-0.05, 0) is 47.7 Å². The molecule has 1 rings (SSSR count). The predicted molar refractivity (Wildman–Crippen MR) is 90.9 cm³/mol. The van der Waals surface area contributed by atoms with Crippen LogP contribution in [0.15, 0.2) is 30.0 Å². The lowest BCUT2D eigenvalue weighted by atomic mass is 10.2. The summed E-state index contributed by atoms with van der Waals surface area (Å²) in [5.41, 5.74) is 0.832. The van der Waals surface area contributed by atoms with E-state index in [1.165, 1.54) is 14.2 Å². The Hall–Kier alpha value is -2.10. The van der Waals surface area contributed by atoms with Crippen LogP contribution in [-0.4, -0.2) is 38.7 Å². The highest BCUT2D eigenvalue weighted by Gasteiger charge is 2.15. The number of benzene rings is 1. The second-order valence-electron chi connectivity index (χ2n) is 4.11. The van der Waals surface area contributed by atoms with Crippen molar-refractivity contribution in [2.75, 3.05) is 26.1 Å². The van der Waals surface area contributed by atoms with Crippen LogP contribution < -0.4 is 5.32 Å². The van der Waals surface area contributed by atoms with Crippen molar-refractivity contribution in [2.45, 2.75) is 6.92 Å². The smallest absolute Gasteiger partial charge is 0.354 e. The molecule has 0 saturated heterocycles. The average molecular weight is 433 g/mol. The van der Waals surface area contributed by atoms with Gasteiger partial charge in [-0.25, -0.2) is 14.4 Å². The molecule has 0 bridgehead atoms. The van der Waals surface area contributed by atoms with Gasteiger partial charge < -0.3 is 19.5 Å². The molecule has 0 amide bonds. The van der Waals surface area contributed by atoms with Crippen molar-refractivity contribution in [3.05, 3.63) is 39.1 Å². The van der Waals surface area contributed by atoms with Gasteiger partial charge >= 0.3 is 17.9 Å². The zero-order chi connectivity index (χ0) is 17.4. The van der Waals surface area contributed by atoms with Crippen LogP contribution in [0.25, 0.3) is 0 Å². The molecule has 23 heavy (non-hydrogen) atoms. The van der Waals surface area contributed by atoms with Gasteiger partial charge in [0.15, 0.2) is 0 Å². The molecule has 0 aliphatic rings. The zero-order valence-corrected chi connectivity index (χ0v) is 15.0. The van der Waals surface area contributed by atoms with E-state index < -0.39 is 17.9 Å². The summed E-state index contributed by atoms with van der Waals surface area (Å²) in [5, 5.41) is 2.79. The first kappa shape index (κ1) is 18.9. The standard InChI is InChI=1S/C15H16INO6/c1-4-23-14(19)9-5-6-11(10(16)7-9)17-12(15(20)22-3)8-13(18)21-2/h5-8,17H,4H2,1-3H3/b12-8+. The Morgan fingerprint density at radius 3 is 2.43 bits per heavy atom. The van der Waals surface area contributed by atoms with Gasteiger partial charge in [-0.2, -0.15) is 0 Å². The Balaban J connectivity index is 3.05. The van der Waals surface area contributed by atoms with E-state index in [4.69, 9.17) is 4.74 Å². The fourth-order valence-corrected chi connectivity index (χ4v) is 2.19. The topological polar surface area (TPSA) is 90.9 Å². The van der Waals surface area contributed by atoms with Gasteiger partial charge in [-0.1, -0.05) is 0 Å². The van der Waals surface area contributed by atoms with Gasteiger partial charge in [-0.3, -0.25) is 0 Å². The summed E-state index contributed by atoms with van der Waals surface area (Å²) in [4.78, 5) is 34.7. The Kier molecular flexibility index (Phi) is 7.52. The van der Waals surface area contributed by atoms with Crippen molar-refractivity contribution >= 4 is 46.2 Å². The van der Waals surface area contributed by atoms with Crippen LogP contribution in [0, 0.1) is 3.57 Å². The van der Waals surface area contributed by atoms with Crippen LogP contribution in [0.2, 0.25) is 0 Å². The quantitative estimate of drug-likeness (QED) is 0.318. The Morgan fingerprint density at radius 2 is 1.91 bits per heavy atom. The highest BCUT2D eigenvalue weighted by molar-refractivity contribution is 14.1. The fourth-order valence-electron chi connectivity index (χ4n) is 1.54. The number of anilines is 1. The first-order valence-corrected chi connectivity index (χ1v) is 7.62. The first-order chi connectivity index (χ1) is 10.9. The summed E-state index contributed by atoms with van der Waals surface area (Å²) >= 11 is 1.99.